The lowest BCUT2D eigenvalue weighted by Crippen LogP contribution is -2.05. The molecule has 3 nitrogen and oxygen atoms in total. The fourth-order valence-electron chi connectivity index (χ4n) is 1.79. The summed E-state index contributed by atoms with van der Waals surface area (Å²) < 4.78 is 0. The molecule has 0 N–H and O–H groups in total. The molecule has 2 aromatic rings. The number of nitrogens with zero attached hydrogens (tertiary/aromatic N) is 3. The summed E-state index contributed by atoms with van der Waals surface area (Å²) in [6.45, 7) is 2.88. The van der Waals surface area contributed by atoms with Crippen molar-refractivity contribution in [3.05, 3.63) is 34.7 Å². The number of pyridine rings is 1. The monoisotopic (exact) mass is 229 g/mol. The van der Waals surface area contributed by atoms with Crippen molar-refractivity contribution in [2.45, 2.75) is 13.3 Å². The summed E-state index contributed by atoms with van der Waals surface area (Å²) in [5.41, 5.74) is 3.44. The van der Waals surface area contributed by atoms with E-state index < -0.39 is 0 Å². The van der Waals surface area contributed by atoms with Crippen LogP contribution >= 0.6 is 11.3 Å². The second-order valence-corrected chi connectivity index (χ2v) is 5.02. The highest BCUT2D eigenvalue weighted by molar-refractivity contribution is 7.15. The summed E-state index contributed by atoms with van der Waals surface area (Å²) in [5.74, 6) is 0. The van der Waals surface area contributed by atoms with Gasteiger partial charge in [0.05, 0.1) is 15.6 Å². The molecule has 0 bridgehead atoms. The second-order valence-electron chi connectivity index (χ2n) is 3.79. The second kappa shape index (κ2) is 3.79. The molecular weight excluding hydrogens is 218 g/mol. The quantitative estimate of drug-likeness (QED) is 0.753. The lowest BCUT2D eigenvalue weighted by Gasteiger charge is -2.09. The minimum Gasteiger partial charge on any atom is -0.292 e. The molecule has 16 heavy (non-hydrogen) atoms. The fourth-order valence-corrected chi connectivity index (χ4v) is 2.55. The lowest BCUT2D eigenvalue weighted by atomic mass is 10.1. The zero-order chi connectivity index (χ0) is 11.0. The average Bonchev–Trinajstić information content (AvgIpc) is 2.75. The summed E-state index contributed by atoms with van der Waals surface area (Å²) in [6, 6.07) is 2.15. The molecule has 0 fully saturated rings. The first-order valence-corrected chi connectivity index (χ1v) is 6.06. The van der Waals surface area contributed by atoms with Crippen LogP contribution in [0.25, 0.3) is 10.4 Å². The van der Waals surface area contributed by atoms with E-state index >= 15 is 0 Å². The van der Waals surface area contributed by atoms with Crippen molar-refractivity contribution in [2.24, 2.45) is 4.99 Å². The Hall–Kier alpha value is -1.55. The van der Waals surface area contributed by atoms with Gasteiger partial charge in [0.1, 0.15) is 0 Å². The van der Waals surface area contributed by atoms with E-state index in [1.54, 1.807) is 11.3 Å². The van der Waals surface area contributed by atoms with Crippen molar-refractivity contribution in [3.63, 3.8) is 0 Å². The molecule has 1 aliphatic rings. The third kappa shape index (κ3) is 1.65. The van der Waals surface area contributed by atoms with Crippen LogP contribution in [0.2, 0.25) is 0 Å². The summed E-state index contributed by atoms with van der Waals surface area (Å²) in [6.07, 6.45) is 6.71. The number of hydrogen-bond donors (Lipinski definition) is 0. The number of aryl methyl sites for hydroxylation is 1. The Labute approximate surface area is 97.9 Å². The van der Waals surface area contributed by atoms with E-state index in [4.69, 9.17) is 0 Å². The van der Waals surface area contributed by atoms with Gasteiger partial charge in [-0.25, -0.2) is 4.98 Å². The van der Waals surface area contributed by atoms with Crippen molar-refractivity contribution in [2.75, 3.05) is 6.54 Å². The first-order chi connectivity index (χ1) is 7.83. The Morgan fingerprint density at radius 1 is 1.25 bits per heavy atom. The predicted molar refractivity (Wildman–Crippen MR) is 66.2 cm³/mol. The molecule has 0 spiro atoms. The van der Waals surface area contributed by atoms with Crippen molar-refractivity contribution in [1.29, 1.82) is 0 Å². The Balaban J connectivity index is 2.07. The highest BCUT2D eigenvalue weighted by Crippen LogP contribution is 2.26. The van der Waals surface area contributed by atoms with E-state index in [0.717, 1.165) is 34.8 Å². The normalized spacial score (nSPS) is 13.8. The number of fused-ring (bicyclic) bond motifs is 1. The van der Waals surface area contributed by atoms with Gasteiger partial charge in [-0.15, -0.1) is 11.3 Å². The van der Waals surface area contributed by atoms with Crippen LogP contribution < -0.4 is 0 Å². The van der Waals surface area contributed by atoms with Gasteiger partial charge < -0.3 is 0 Å². The molecule has 2 aromatic heterocycles. The van der Waals surface area contributed by atoms with Gasteiger partial charge >= 0.3 is 0 Å². The minimum absolute atomic E-state index is 0.860. The van der Waals surface area contributed by atoms with Gasteiger partial charge in [-0.2, -0.15) is 0 Å². The average molecular weight is 229 g/mol. The Morgan fingerprint density at radius 2 is 2.19 bits per heavy atom. The molecule has 0 saturated carbocycles. The van der Waals surface area contributed by atoms with Crippen molar-refractivity contribution >= 4 is 17.6 Å². The van der Waals surface area contributed by atoms with Crippen molar-refractivity contribution < 1.29 is 0 Å². The van der Waals surface area contributed by atoms with Crippen LogP contribution in [-0.4, -0.2) is 22.7 Å². The summed E-state index contributed by atoms with van der Waals surface area (Å²) in [7, 11) is 0. The fraction of sp³-hybridized carbons (Fsp3) is 0.250. The van der Waals surface area contributed by atoms with Gasteiger partial charge in [0.2, 0.25) is 0 Å². The highest BCUT2D eigenvalue weighted by atomic mass is 32.1. The molecular formula is C12H11N3S. The standard InChI is InChI=1S/C12H11N3S/c1-8-14-7-12(16-8)10-4-9-5-13-3-2-11(9)15-6-10/h4-7H,2-3H2,1H3. The van der Waals surface area contributed by atoms with E-state index in [2.05, 4.69) is 21.0 Å². The Bertz CT molecular complexity index is 557. The highest BCUT2D eigenvalue weighted by Gasteiger charge is 2.09. The van der Waals surface area contributed by atoms with Crippen LogP contribution in [0, 0.1) is 6.92 Å². The number of aromatic nitrogens is 2. The maximum absolute atomic E-state index is 4.49. The SMILES string of the molecule is Cc1ncc(-c2cnc3c(c2)C=NCC3)s1. The topological polar surface area (TPSA) is 38.1 Å². The molecule has 0 aliphatic carbocycles. The maximum Gasteiger partial charge on any atom is 0.0900 e. The molecule has 80 valence electrons. The van der Waals surface area contributed by atoms with Crippen molar-refractivity contribution in [1.82, 2.24) is 9.97 Å². The number of thiazole rings is 1. The summed E-state index contributed by atoms with van der Waals surface area (Å²) in [5, 5.41) is 1.08. The van der Waals surface area contributed by atoms with Crippen molar-refractivity contribution in [3.8, 4) is 10.4 Å². The van der Waals surface area contributed by atoms with E-state index in [1.165, 1.54) is 4.88 Å². The molecule has 0 radical (unpaired) electrons. The summed E-state index contributed by atoms with van der Waals surface area (Å²) in [4.78, 5) is 14.2. The Morgan fingerprint density at radius 3 is 3.00 bits per heavy atom. The first kappa shape index (κ1) is 9.66. The molecule has 4 heteroatoms. The first-order valence-electron chi connectivity index (χ1n) is 5.24. The third-order valence-electron chi connectivity index (χ3n) is 2.62. The molecule has 0 amide bonds. The van der Waals surface area contributed by atoms with E-state index in [-0.39, 0.29) is 0 Å². The molecule has 0 atom stereocenters. The smallest absolute Gasteiger partial charge is 0.0900 e. The number of rotatable bonds is 1. The largest absolute Gasteiger partial charge is 0.292 e. The zero-order valence-corrected chi connectivity index (χ0v) is 9.79. The van der Waals surface area contributed by atoms with Crippen LogP contribution in [-0.2, 0) is 6.42 Å². The van der Waals surface area contributed by atoms with Gasteiger partial charge in [-0.1, -0.05) is 0 Å². The van der Waals surface area contributed by atoms with Crippen LogP contribution in [0.4, 0.5) is 0 Å². The predicted octanol–water partition coefficient (Wildman–Crippen LogP) is 2.49. The molecule has 0 saturated heterocycles. The molecule has 0 unspecified atom stereocenters. The minimum atomic E-state index is 0.860. The zero-order valence-electron chi connectivity index (χ0n) is 8.97. The van der Waals surface area contributed by atoms with Crippen LogP contribution in [0.5, 0.6) is 0 Å². The number of aliphatic imine (C=N–C) groups is 1. The number of hydrogen-bond acceptors (Lipinski definition) is 4. The van der Waals surface area contributed by atoms with Crippen LogP contribution in [0.15, 0.2) is 23.5 Å². The van der Waals surface area contributed by atoms with Gasteiger partial charge in [-0.05, 0) is 13.0 Å². The van der Waals surface area contributed by atoms with E-state index in [9.17, 15) is 0 Å². The van der Waals surface area contributed by atoms with E-state index in [1.807, 2.05) is 25.5 Å². The lowest BCUT2D eigenvalue weighted by molar-refractivity contribution is 0.906. The van der Waals surface area contributed by atoms with Crippen LogP contribution in [0.1, 0.15) is 16.3 Å². The molecule has 3 heterocycles. The van der Waals surface area contributed by atoms with Gasteiger partial charge in [0.25, 0.3) is 0 Å². The maximum atomic E-state index is 4.49. The third-order valence-corrected chi connectivity index (χ3v) is 3.58. The van der Waals surface area contributed by atoms with Gasteiger partial charge in [-0.3, -0.25) is 9.98 Å². The van der Waals surface area contributed by atoms with Gasteiger partial charge in [0, 0.05) is 42.7 Å². The Kier molecular flexibility index (Phi) is 2.29. The van der Waals surface area contributed by atoms with Crippen LogP contribution in [0.3, 0.4) is 0 Å². The molecule has 3 rings (SSSR count). The molecule has 0 aromatic carbocycles. The molecule has 1 aliphatic heterocycles. The van der Waals surface area contributed by atoms with Gasteiger partial charge in [0.15, 0.2) is 0 Å². The van der Waals surface area contributed by atoms with E-state index in [0.29, 0.717) is 0 Å². The summed E-state index contributed by atoms with van der Waals surface area (Å²) >= 11 is 1.70.